The first-order valence-electron chi connectivity index (χ1n) is 11.8. The highest BCUT2D eigenvalue weighted by atomic mass is 32.2. The predicted octanol–water partition coefficient (Wildman–Crippen LogP) is 4.97. The fourth-order valence-corrected chi connectivity index (χ4v) is 5.71. The van der Waals surface area contributed by atoms with Gasteiger partial charge in [-0.1, -0.05) is 49.5 Å². The van der Waals surface area contributed by atoms with Crippen LogP contribution in [0.2, 0.25) is 0 Å². The quantitative estimate of drug-likeness (QED) is 0.387. The maximum atomic E-state index is 13.3. The number of nitrogens with zero attached hydrogens (tertiary/aromatic N) is 4. The minimum atomic E-state index is -0.338. The van der Waals surface area contributed by atoms with Gasteiger partial charge in [0.15, 0.2) is 0 Å². The molecule has 2 fully saturated rings. The molecule has 0 bridgehead atoms. The van der Waals surface area contributed by atoms with Crippen molar-refractivity contribution in [3.05, 3.63) is 67.6 Å². The van der Waals surface area contributed by atoms with Gasteiger partial charge in [-0.15, -0.1) is 0 Å². The molecule has 2 aliphatic heterocycles. The van der Waals surface area contributed by atoms with Gasteiger partial charge in [0, 0.05) is 25.2 Å². The van der Waals surface area contributed by atoms with Crippen LogP contribution in [-0.2, 0) is 17.9 Å². The SMILES string of the molecule is CCCCn1c(N2CCCC2)c(/C=C2\SC(=S)N(Cc3ccc(F)cc3)C2=O)c(C)c(C#N)c1=O. The Morgan fingerprint density at radius 3 is 2.51 bits per heavy atom. The van der Waals surface area contributed by atoms with Crippen molar-refractivity contribution in [2.24, 2.45) is 0 Å². The van der Waals surface area contributed by atoms with Crippen molar-refractivity contribution in [2.75, 3.05) is 18.0 Å². The van der Waals surface area contributed by atoms with Crippen LogP contribution < -0.4 is 10.5 Å². The molecule has 9 heteroatoms. The molecule has 3 heterocycles. The summed E-state index contributed by atoms with van der Waals surface area (Å²) in [6.07, 6.45) is 5.57. The van der Waals surface area contributed by atoms with E-state index in [9.17, 15) is 19.2 Å². The van der Waals surface area contributed by atoms with Crippen molar-refractivity contribution in [1.82, 2.24) is 9.47 Å². The molecule has 2 saturated heterocycles. The van der Waals surface area contributed by atoms with Crippen LogP contribution in [0.4, 0.5) is 10.2 Å². The summed E-state index contributed by atoms with van der Waals surface area (Å²) in [6.45, 7) is 6.25. The number of thioether (sulfide) groups is 1. The van der Waals surface area contributed by atoms with Crippen LogP contribution in [0.3, 0.4) is 0 Å². The second kappa shape index (κ2) is 10.8. The third kappa shape index (κ3) is 5.04. The molecule has 0 N–H and O–H groups in total. The number of thiocarbonyl (C=S) groups is 1. The van der Waals surface area contributed by atoms with Gasteiger partial charge in [-0.3, -0.25) is 19.1 Å². The second-order valence-electron chi connectivity index (χ2n) is 8.75. The Hall–Kier alpha value is -2.96. The molecule has 1 aromatic heterocycles. The largest absolute Gasteiger partial charge is 0.357 e. The van der Waals surface area contributed by atoms with E-state index >= 15 is 0 Å². The zero-order valence-corrected chi connectivity index (χ0v) is 21.5. The van der Waals surface area contributed by atoms with Gasteiger partial charge < -0.3 is 4.90 Å². The molecular formula is C26H27FN4O2S2. The summed E-state index contributed by atoms with van der Waals surface area (Å²) >= 11 is 6.70. The summed E-state index contributed by atoms with van der Waals surface area (Å²) in [5.41, 5.74) is 1.91. The van der Waals surface area contributed by atoms with Crippen LogP contribution in [0, 0.1) is 24.1 Å². The van der Waals surface area contributed by atoms with E-state index in [-0.39, 0.29) is 29.4 Å². The van der Waals surface area contributed by atoms with Crippen LogP contribution in [0.25, 0.3) is 6.08 Å². The minimum absolute atomic E-state index is 0.108. The number of carbonyl (C=O) groups excluding carboxylic acids is 1. The molecule has 2 aromatic rings. The Morgan fingerprint density at radius 1 is 1.20 bits per heavy atom. The zero-order valence-electron chi connectivity index (χ0n) is 19.8. The zero-order chi connectivity index (χ0) is 25.1. The average molecular weight is 511 g/mol. The van der Waals surface area contributed by atoms with Gasteiger partial charge in [0.2, 0.25) is 0 Å². The lowest BCUT2D eigenvalue weighted by atomic mass is 10.0. The monoisotopic (exact) mass is 510 g/mol. The van der Waals surface area contributed by atoms with E-state index in [1.54, 1.807) is 29.7 Å². The Labute approximate surface area is 214 Å². The van der Waals surface area contributed by atoms with Crippen molar-refractivity contribution in [3.63, 3.8) is 0 Å². The molecule has 6 nitrogen and oxygen atoms in total. The van der Waals surface area contributed by atoms with Gasteiger partial charge >= 0.3 is 0 Å². The molecule has 0 atom stereocenters. The standard InChI is InChI=1S/C26H27FN4O2S2/c1-3-4-13-30-23(29-11-5-6-12-29)20(17(2)21(15-28)24(30)32)14-22-25(33)31(26(34)35-22)16-18-7-9-19(27)10-8-18/h7-10,14H,3-6,11-13,16H2,1-2H3/b22-14-. The molecule has 1 aromatic carbocycles. The maximum absolute atomic E-state index is 13.3. The van der Waals surface area contributed by atoms with Gasteiger partial charge in [0.25, 0.3) is 11.5 Å². The van der Waals surface area contributed by atoms with Crippen LogP contribution >= 0.6 is 24.0 Å². The topological polar surface area (TPSA) is 69.3 Å². The first-order valence-corrected chi connectivity index (χ1v) is 13.0. The van der Waals surface area contributed by atoms with E-state index in [1.807, 2.05) is 0 Å². The highest BCUT2D eigenvalue weighted by molar-refractivity contribution is 8.26. The minimum Gasteiger partial charge on any atom is -0.357 e. The molecular weight excluding hydrogens is 483 g/mol. The summed E-state index contributed by atoms with van der Waals surface area (Å²) in [7, 11) is 0. The number of hydrogen-bond acceptors (Lipinski definition) is 6. The van der Waals surface area contributed by atoms with E-state index in [2.05, 4.69) is 17.9 Å². The number of amides is 1. The Bertz CT molecular complexity index is 1290. The van der Waals surface area contributed by atoms with Gasteiger partial charge in [-0.05, 0) is 55.5 Å². The number of benzene rings is 1. The van der Waals surface area contributed by atoms with Crippen molar-refractivity contribution < 1.29 is 9.18 Å². The normalized spacial score (nSPS) is 17.0. The van der Waals surface area contributed by atoms with Crippen molar-refractivity contribution >= 4 is 46.1 Å². The van der Waals surface area contributed by atoms with Crippen LogP contribution in [-0.4, -0.2) is 32.8 Å². The molecule has 1 amide bonds. The number of anilines is 1. The highest BCUT2D eigenvalue weighted by Crippen LogP contribution is 2.37. The van der Waals surface area contributed by atoms with Gasteiger partial charge in [0.05, 0.1) is 11.4 Å². The molecule has 0 radical (unpaired) electrons. The summed E-state index contributed by atoms with van der Waals surface area (Å²) in [5, 5.41) is 9.78. The number of rotatable bonds is 7. The Balaban J connectivity index is 1.79. The lowest BCUT2D eigenvalue weighted by molar-refractivity contribution is -0.122. The molecule has 182 valence electrons. The summed E-state index contributed by atoms with van der Waals surface area (Å²) in [6, 6.07) is 8.08. The molecule has 35 heavy (non-hydrogen) atoms. The van der Waals surface area contributed by atoms with Gasteiger partial charge in [-0.2, -0.15) is 5.26 Å². The third-order valence-corrected chi connectivity index (χ3v) is 7.77. The lowest BCUT2D eigenvalue weighted by Crippen LogP contribution is -2.33. The van der Waals surface area contributed by atoms with E-state index in [0.29, 0.717) is 21.3 Å². The number of nitriles is 1. The molecule has 0 unspecified atom stereocenters. The molecule has 0 saturated carbocycles. The van der Waals surface area contributed by atoms with E-state index < -0.39 is 0 Å². The van der Waals surface area contributed by atoms with Crippen molar-refractivity contribution in [2.45, 2.75) is 52.6 Å². The molecule has 4 rings (SSSR count). The predicted molar refractivity (Wildman–Crippen MR) is 142 cm³/mol. The summed E-state index contributed by atoms with van der Waals surface area (Å²) in [5.74, 6) is 0.206. The van der Waals surface area contributed by atoms with Crippen molar-refractivity contribution in [3.8, 4) is 6.07 Å². The number of hydrogen-bond donors (Lipinski definition) is 0. The van der Waals surface area contributed by atoms with Crippen molar-refractivity contribution in [1.29, 1.82) is 5.26 Å². The van der Waals surface area contributed by atoms with E-state index in [4.69, 9.17) is 12.2 Å². The average Bonchev–Trinajstić information content (AvgIpc) is 3.46. The van der Waals surface area contributed by atoms with Gasteiger partial charge in [-0.25, -0.2) is 4.39 Å². The second-order valence-corrected chi connectivity index (χ2v) is 10.4. The summed E-state index contributed by atoms with van der Waals surface area (Å²) in [4.78, 5) is 30.7. The third-order valence-electron chi connectivity index (χ3n) is 6.39. The first kappa shape index (κ1) is 25.1. The maximum Gasteiger partial charge on any atom is 0.270 e. The smallest absolute Gasteiger partial charge is 0.270 e. The van der Waals surface area contributed by atoms with Crippen LogP contribution in [0.1, 0.15) is 54.9 Å². The van der Waals surface area contributed by atoms with Crippen LogP contribution in [0.15, 0.2) is 34.0 Å². The number of unbranched alkanes of at least 4 members (excludes halogenated alkanes) is 1. The molecule has 2 aliphatic rings. The molecule has 0 spiro atoms. The van der Waals surface area contributed by atoms with E-state index in [1.165, 1.54) is 28.8 Å². The van der Waals surface area contributed by atoms with E-state index in [0.717, 1.165) is 55.7 Å². The number of pyridine rings is 1. The number of halogens is 1. The number of carbonyl (C=O) groups is 1. The van der Waals surface area contributed by atoms with Gasteiger partial charge in [0.1, 0.15) is 27.6 Å². The summed E-state index contributed by atoms with van der Waals surface area (Å²) < 4.78 is 15.4. The fraction of sp³-hybridized carbons (Fsp3) is 0.385. The first-order chi connectivity index (χ1) is 16.8. The lowest BCUT2D eigenvalue weighted by Gasteiger charge is -2.27. The number of aromatic nitrogens is 1. The fourth-order valence-electron chi connectivity index (χ4n) is 4.48. The van der Waals surface area contributed by atoms with Crippen LogP contribution in [0.5, 0.6) is 0 Å². The highest BCUT2D eigenvalue weighted by Gasteiger charge is 2.33. The Morgan fingerprint density at radius 2 is 1.89 bits per heavy atom. The Kier molecular flexibility index (Phi) is 7.72. The molecule has 0 aliphatic carbocycles.